The van der Waals surface area contributed by atoms with Crippen LogP contribution in [0.5, 0.6) is 0 Å². The minimum atomic E-state index is 0.757. The minimum Gasteiger partial charge on any atom is -0.380 e. The molecular formula is C13H13ClN2. The first kappa shape index (κ1) is 11.0. The van der Waals surface area contributed by atoms with Crippen LogP contribution in [0.4, 0.5) is 5.69 Å². The molecule has 0 saturated heterocycles. The first-order chi connectivity index (χ1) is 7.77. The SMILES string of the molecule is Cc1cccc(Cl)c1NCc1ccncc1. The van der Waals surface area contributed by atoms with Crippen molar-refractivity contribution in [1.29, 1.82) is 0 Å². The molecule has 0 atom stereocenters. The third-order valence-electron chi connectivity index (χ3n) is 2.44. The van der Waals surface area contributed by atoms with Crippen LogP contribution in [0, 0.1) is 6.92 Å². The first-order valence-electron chi connectivity index (χ1n) is 5.15. The molecule has 0 radical (unpaired) electrons. The van der Waals surface area contributed by atoms with Crippen LogP contribution < -0.4 is 5.32 Å². The van der Waals surface area contributed by atoms with Crippen molar-refractivity contribution in [2.24, 2.45) is 0 Å². The van der Waals surface area contributed by atoms with Crippen LogP contribution in [0.1, 0.15) is 11.1 Å². The highest BCUT2D eigenvalue weighted by molar-refractivity contribution is 6.33. The highest BCUT2D eigenvalue weighted by Gasteiger charge is 2.02. The lowest BCUT2D eigenvalue weighted by Gasteiger charge is -2.11. The fraction of sp³-hybridized carbons (Fsp3) is 0.154. The number of hydrogen-bond acceptors (Lipinski definition) is 2. The van der Waals surface area contributed by atoms with E-state index in [-0.39, 0.29) is 0 Å². The van der Waals surface area contributed by atoms with E-state index in [2.05, 4.69) is 10.3 Å². The molecule has 0 saturated carbocycles. The van der Waals surface area contributed by atoms with Crippen LogP contribution in [0.2, 0.25) is 5.02 Å². The molecule has 0 amide bonds. The van der Waals surface area contributed by atoms with E-state index in [4.69, 9.17) is 11.6 Å². The van der Waals surface area contributed by atoms with Gasteiger partial charge >= 0.3 is 0 Å². The predicted octanol–water partition coefficient (Wildman–Crippen LogP) is 3.66. The standard InChI is InChI=1S/C13H13ClN2/c1-10-3-2-4-12(14)13(10)16-9-11-5-7-15-8-6-11/h2-8,16H,9H2,1H3. The van der Waals surface area contributed by atoms with Gasteiger partial charge in [0.15, 0.2) is 0 Å². The Labute approximate surface area is 100 Å². The molecule has 0 bridgehead atoms. The molecule has 0 unspecified atom stereocenters. The molecule has 1 aromatic heterocycles. The second kappa shape index (κ2) is 4.99. The number of anilines is 1. The van der Waals surface area contributed by atoms with Gasteiger partial charge < -0.3 is 5.32 Å². The maximum atomic E-state index is 6.12. The van der Waals surface area contributed by atoms with Crippen LogP contribution in [-0.4, -0.2) is 4.98 Å². The largest absolute Gasteiger partial charge is 0.380 e. The van der Waals surface area contributed by atoms with Crippen molar-refractivity contribution in [2.75, 3.05) is 5.32 Å². The Balaban J connectivity index is 2.11. The van der Waals surface area contributed by atoms with Crippen molar-refractivity contribution in [3.63, 3.8) is 0 Å². The van der Waals surface area contributed by atoms with E-state index in [9.17, 15) is 0 Å². The summed E-state index contributed by atoms with van der Waals surface area (Å²) in [5.41, 5.74) is 3.34. The van der Waals surface area contributed by atoms with Gasteiger partial charge in [-0.2, -0.15) is 0 Å². The van der Waals surface area contributed by atoms with Gasteiger partial charge in [-0.15, -0.1) is 0 Å². The molecule has 82 valence electrons. The molecule has 1 heterocycles. The highest BCUT2D eigenvalue weighted by atomic mass is 35.5. The number of halogens is 1. The Morgan fingerprint density at radius 2 is 1.94 bits per heavy atom. The third-order valence-corrected chi connectivity index (χ3v) is 2.76. The number of pyridine rings is 1. The zero-order valence-electron chi connectivity index (χ0n) is 9.07. The fourth-order valence-electron chi connectivity index (χ4n) is 1.55. The molecule has 0 fully saturated rings. The number of rotatable bonds is 3. The van der Waals surface area contributed by atoms with Gasteiger partial charge in [-0.3, -0.25) is 4.98 Å². The molecule has 0 aliphatic rings. The van der Waals surface area contributed by atoms with Crippen molar-refractivity contribution >= 4 is 17.3 Å². The van der Waals surface area contributed by atoms with Crippen molar-refractivity contribution < 1.29 is 0 Å². The van der Waals surface area contributed by atoms with E-state index < -0.39 is 0 Å². The van der Waals surface area contributed by atoms with Gasteiger partial charge in [0.25, 0.3) is 0 Å². The van der Waals surface area contributed by atoms with E-state index >= 15 is 0 Å². The van der Waals surface area contributed by atoms with Gasteiger partial charge in [-0.25, -0.2) is 0 Å². The Kier molecular flexibility index (Phi) is 3.42. The summed E-state index contributed by atoms with van der Waals surface area (Å²) in [6.45, 7) is 2.80. The van der Waals surface area contributed by atoms with Gasteiger partial charge in [-0.1, -0.05) is 23.7 Å². The summed E-state index contributed by atoms with van der Waals surface area (Å²) in [6.07, 6.45) is 3.58. The number of para-hydroxylation sites is 1. The molecule has 1 aromatic carbocycles. The number of nitrogens with zero attached hydrogens (tertiary/aromatic N) is 1. The molecule has 2 rings (SSSR count). The zero-order chi connectivity index (χ0) is 11.4. The summed E-state index contributed by atoms with van der Waals surface area (Å²) < 4.78 is 0. The molecule has 0 aliphatic carbocycles. The predicted molar refractivity (Wildman–Crippen MR) is 67.8 cm³/mol. The number of nitrogens with one attached hydrogen (secondary N) is 1. The Bertz CT molecular complexity index is 448. The normalized spacial score (nSPS) is 10.1. The first-order valence-corrected chi connectivity index (χ1v) is 5.53. The summed E-state index contributed by atoms with van der Waals surface area (Å²) in [4.78, 5) is 3.98. The summed E-state index contributed by atoms with van der Waals surface area (Å²) in [5.74, 6) is 0. The van der Waals surface area contributed by atoms with Crippen molar-refractivity contribution in [3.05, 3.63) is 58.9 Å². The van der Waals surface area contributed by atoms with Crippen molar-refractivity contribution in [2.45, 2.75) is 13.5 Å². The number of benzene rings is 1. The van der Waals surface area contributed by atoms with Gasteiger partial charge in [0.2, 0.25) is 0 Å². The number of hydrogen-bond donors (Lipinski definition) is 1. The number of aryl methyl sites for hydroxylation is 1. The smallest absolute Gasteiger partial charge is 0.0640 e. The van der Waals surface area contributed by atoms with E-state index in [1.165, 1.54) is 5.56 Å². The van der Waals surface area contributed by atoms with Crippen molar-refractivity contribution in [3.8, 4) is 0 Å². The Morgan fingerprint density at radius 3 is 2.62 bits per heavy atom. The molecule has 0 aliphatic heterocycles. The van der Waals surface area contributed by atoms with E-state index in [0.717, 1.165) is 22.8 Å². The maximum Gasteiger partial charge on any atom is 0.0640 e. The van der Waals surface area contributed by atoms with E-state index in [1.807, 2.05) is 37.3 Å². The number of aromatic nitrogens is 1. The van der Waals surface area contributed by atoms with Gasteiger partial charge in [0, 0.05) is 18.9 Å². The topological polar surface area (TPSA) is 24.9 Å². The monoisotopic (exact) mass is 232 g/mol. The van der Waals surface area contributed by atoms with Crippen LogP contribution >= 0.6 is 11.6 Å². The molecule has 2 nitrogen and oxygen atoms in total. The molecule has 3 heteroatoms. The molecule has 0 spiro atoms. The molecule has 16 heavy (non-hydrogen) atoms. The van der Waals surface area contributed by atoms with Gasteiger partial charge in [-0.05, 0) is 36.2 Å². The minimum absolute atomic E-state index is 0.757. The van der Waals surface area contributed by atoms with E-state index in [0.29, 0.717) is 0 Å². The summed E-state index contributed by atoms with van der Waals surface area (Å²) in [5, 5.41) is 4.10. The van der Waals surface area contributed by atoms with Gasteiger partial charge in [0.1, 0.15) is 0 Å². The van der Waals surface area contributed by atoms with Crippen LogP contribution in [-0.2, 0) is 6.54 Å². The lowest BCUT2D eigenvalue weighted by molar-refractivity contribution is 1.12. The Hall–Kier alpha value is -1.54. The summed E-state index contributed by atoms with van der Waals surface area (Å²) in [6, 6.07) is 9.86. The van der Waals surface area contributed by atoms with Gasteiger partial charge in [0.05, 0.1) is 10.7 Å². The third kappa shape index (κ3) is 2.52. The quantitative estimate of drug-likeness (QED) is 0.874. The van der Waals surface area contributed by atoms with Crippen LogP contribution in [0.3, 0.4) is 0 Å². The second-order valence-corrected chi connectivity index (χ2v) is 4.05. The highest BCUT2D eigenvalue weighted by Crippen LogP contribution is 2.25. The van der Waals surface area contributed by atoms with Crippen LogP contribution in [0.15, 0.2) is 42.7 Å². The lowest BCUT2D eigenvalue weighted by Crippen LogP contribution is -2.01. The fourth-order valence-corrected chi connectivity index (χ4v) is 1.84. The average molecular weight is 233 g/mol. The van der Waals surface area contributed by atoms with Crippen LogP contribution in [0.25, 0.3) is 0 Å². The lowest BCUT2D eigenvalue weighted by atomic mass is 10.2. The zero-order valence-corrected chi connectivity index (χ0v) is 9.83. The maximum absolute atomic E-state index is 6.12. The van der Waals surface area contributed by atoms with E-state index in [1.54, 1.807) is 12.4 Å². The Morgan fingerprint density at radius 1 is 1.19 bits per heavy atom. The summed E-state index contributed by atoms with van der Waals surface area (Å²) >= 11 is 6.12. The molecular weight excluding hydrogens is 220 g/mol. The molecule has 1 N–H and O–H groups in total. The second-order valence-electron chi connectivity index (χ2n) is 3.64. The molecule has 2 aromatic rings. The van der Waals surface area contributed by atoms with Crippen molar-refractivity contribution in [1.82, 2.24) is 4.98 Å². The summed E-state index contributed by atoms with van der Waals surface area (Å²) in [7, 11) is 0. The average Bonchev–Trinajstić information content (AvgIpc) is 2.30.